The zero-order valence-corrected chi connectivity index (χ0v) is 9.07. The third-order valence-corrected chi connectivity index (χ3v) is 2.02. The Kier molecular flexibility index (Phi) is 2.93. The van der Waals surface area contributed by atoms with E-state index in [0.29, 0.717) is 0 Å². The summed E-state index contributed by atoms with van der Waals surface area (Å²) in [6.07, 6.45) is 3.65. The number of nitrogens with zero attached hydrogens (tertiary/aromatic N) is 2. The summed E-state index contributed by atoms with van der Waals surface area (Å²) in [5.74, 6) is -0.284. The minimum atomic E-state index is -0.284. The lowest BCUT2D eigenvalue weighted by Gasteiger charge is -2.14. The zero-order chi connectivity index (χ0) is 10.8. The van der Waals surface area contributed by atoms with Crippen molar-refractivity contribution < 1.29 is 9.53 Å². The second kappa shape index (κ2) is 3.82. The van der Waals surface area contributed by atoms with Crippen molar-refractivity contribution >= 4 is 5.97 Å². The summed E-state index contributed by atoms with van der Waals surface area (Å²) in [5, 5.41) is 4.09. The highest BCUT2D eigenvalue weighted by Crippen LogP contribution is 2.20. The predicted octanol–water partition coefficient (Wildman–Crippen LogP) is 1.35. The molecule has 1 heterocycles. The van der Waals surface area contributed by atoms with Crippen LogP contribution in [0.25, 0.3) is 0 Å². The maximum atomic E-state index is 11.0. The number of esters is 1. The Morgan fingerprint density at radius 3 is 2.64 bits per heavy atom. The second-order valence-electron chi connectivity index (χ2n) is 4.25. The van der Waals surface area contributed by atoms with Crippen molar-refractivity contribution in [3.63, 3.8) is 0 Å². The van der Waals surface area contributed by atoms with Gasteiger partial charge in [-0.3, -0.25) is 9.48 Å². The highest BCUT2D eigenvalue weighted by atomic mass is 16.5. The summed E-state index contributed by atoms with van der Waals surface area (Å²) in [6.45, 7) is 6.48. The number of ether oxygens (including phenoxy) is 1. The Morgan fingerprint density at radius 2 is 2.21 bits per heavy atom. The first-order valence-electron chi connectivity index (χ1n) is 4.53. The van der Waals surface area contributed by atoms with Crippen LogP contribution < -0.4 is 0 Å². The molecule has 0 unspecified atom stereocenters. The molecule has 0 aliphatic heterocycles. The molecule has 0 N–H and O–H groups in total. The summed E-state index contributed by atoms with van der Waals surface area (Å²) in [6, 6.07) is 0. The molecule has 0 amide bonds. The summed E-state index contributed by atoms with van der Waals surface area (Å²) >= 11 is 0. The summed E-state index contributed by atoms with van der Waals surface area (Å²) in [5.41, 5.74) is 1.18. The summed E-state index contributed by atoms with van der Waals surface area (Å²) in [7, 11) is 1.37. The Labute approximate surface area is 83.9 Å². The predicted molar refractivity (Wildman–Crippen MR) is 52.9 cm³/mol. The Hall–Kier alpha value is -1.32. The molecule has 1 aromatic rings. The van der Waals surface area contributed by atoms with Gasteiger partial charge in [-0.15, -0.1) is 0 Å². The van der Waals surface area contributed by atoms with Gasteiger partial charge in [-0.25, -0.2) is 0 Å². The summed E-state index contributed by atoms with van der Waals surface area (Å²) in [4.78, 5) is 11.0. The third kappa shape index (κ3) is 2.58. The van der Waals surface area contributed by atoms with E-state index in [9.17, 15) is 4.79 Å². The van der Waals surface area contributed by atoms with Crippen LogP contribution in [0.1, 0.15) is 26.3 Å². The first kappa shape index (κ1) is 10.8. The van der Waals surface area contributed by atoms with Gasteiger partial charge < -0.3 is 4.74 Å². The van der Waals surface area contributed by atoms with E-state index in [1.807, 2.05) is 6.20 Å². The molecule has 1 rings (SSSR count). The highest BCUT2D eigenvalue weighted by molar-refractivity contribution is 5.68. The number of aromatic nitrogens is 2. The molecular weight excluding hydrogens is 180 g/mol. The fourth-order valence-corrected chi connectivity index (χ4v) is 1.03. The van der Waals surface area contributed by atoms with Crippen molar-refractivity contribution in [2.24, 2.45) is 0 Å². The molecule has 78 valence electrons. The number of hydrogen-bond donors (Lipinski definition) is 0. The minimum absolute atomic E-state index is 0.0639. The molecule has 0 atom stereocenters. The fraction of sp³-hybridized carbons (Fsp3) is 0.600. The van der Waals surface area contributed by atoms with Gasteiger partial charge in [0, 0.05) is 6.20 Å². The average Bonchev–Trinajstić information content (AvgIpc) is 2.51. The van der Waals surface area contributed by atoms with E-state index in [2.05, 4.69) is 30.6 Å². The molecule has 0 saturated carbocycles. The van der Waals surface area contributed by atoms with Gasteiger partial charge in [-0.1, -0.05) is 20.8 Å². The van der Waals surface area contributed by atoms with Crippen LogP contribution in [0, 0.1) is 0 Å². The van der Waals surface area contributed by atoms with Crippen molar-refractivity contribution in [3.8, 4) is 0 Å². The second-order valence-corrected chi connectivity index (χ2v) is 4.25. The molecule has 4 heteroatoms. The summed E-state index contributed by atoms with van der Waals surface area (Å²) < 4.78 is 6.14. The molecule has 0 saturated heterocycles. The van der Waals surface area contributed by atoms with Gasteiger partial charge in [-0.2, -0.15) is 5.10 Å². The van der Waals surface area contributed by atoms with Crippen LogP contribution in [0.4, 0.5) is 0 Å². The van der Waals surface area contributed by atoms with Crippen molar-refractivity contribution in [1.82, 2.24) is 9.78 Å². The molecule has 0 bridgehead atoms. The molecule has 14 heavy (non-hydrogen) atoms. The van der Waals surface area contributed by atoms with E-state index in [-0.39, 0.29) is 17.9 Å². The molecule has 0 spiro atoms. The molecule has 0 fully saturated rings. The van der Waals surface area contributed by atoms with E-state index in [1.54, 1.807) is 10.9 Å². The molecule has 0 radical (unpaired) electrons. The van der Waals surface area contributed by atoms with E-state index < -0.39 is 0 Å². The van der Waals surface area contributed by atoms with Crippen molar-refractivity contribution in [1.29, 1.82) is 0 Å². The monoisotopic (exact) mass is 196 g/mol. The van der Waals surface area contributed by atoms with Gasteiger partial charge in [0.05, 0.1) is 13.3 Å². The zero-order valence-electron chi connectivity index (χ0n) is 9.07. The standard InChI is InChI=1S/C10H16N2O2/c1-10(2,3)8-5-11-12(6-8)7-9(13)14-4/h5-6H,7H2,1-4H3. The van der Waals surface area contributed by atoms with E-state index >= 15 is 0 Å². The van der Waals surface area contributed by atoms with Crippen LogP contribution in [-0.2, 0) is 21.5 Å². The number of hydrogen-bond acceptors (Lipinski definition) is 3. The van der Waals surface area contributed by atoms with E-state index in [4.69, 9.17) is 0 Å². The first-order chi connectivity index (χ1) is 6.43. The highest BCUT2D eigenvalue weighted by Gasteiger charge is 2.16. The molecule has 0 aliphatic rings. The number of rotatable bonds is 2. The molecule has 0 aromatic carbocycles. The maximum absolute atomic E-state index is 11.0. The lowest BCUT2D eigenvalue weighted by atomic mass is 9.90. The minimum Gasteiger partial charge on any atom is -0.468 e. The first-order valence-corrected chi connectivity index (χ1v) is 4.53. The van der Waals surface area contributed by atoms with Gasteiger partial charge in [0.2, 0.25) is 0 Å². The van der Waals surface area contributed by atoms with Crippen LogP contribution in [0.15, 0.2) is 12.4 Å². The molecule has 0 aliphatic carbocycles. The van der Waals surface area contributed by atoms with Crippen LogP contribution in [0.5, 0.6) is 0 Å². The number of carbonyl (C=O) groups excluding carboxylic acids is 1. The Morgan fingerprint density at radius 1 is 1.57 bits per heavy atom. The van der Waals surface area contributed by atoms with Crippen molar-refractivity contribution in [3.05, 3.63) is 18.0 Å². The Balaban J connectivity index is 2.74. The van der Waals surface area contributed by atoms with Crippen LogP contribution in [-0.4, -0.2) is 22.9 Å². The van der Waals surface area contributed by atoms with Gasteiger partial charge in [0.15, 0.2) is 0 Å². The fourth-order valence-electron chi connectivity index (χ4n) is 1.03. The molecular formula is C10H16N2O2. The Bertz CT molecular complexity index is 323. The molecule has 4 nitrogen and oxygen atoms in total. The number of methoxy groups -OCH3 is 1. The van der Waals surface area contributed by atoms with E-state index in [1.165, 1.54) is 7.11 Å². The lowest BCUT2D eigenvalue weighted by Crippen LogP contribution is -2.13. The maximum Gasteiger partial charge on any atom is 0.327 e. The van der Waals surface area contributed by atoms with E-state index in [0.717, 1.165) is 5.56 Å². The SMILES string of the molecule is COC(=O)Cn1cc(C(C)(C)C)cn1. The average molecular weight is 196 g/mol. The van der Waals surface area contributed by atoms with Crippen LogP contribution in [0.3, 0.4) is 0 Å². The van der Waals surface area contributed by atoms with Crippen molar-refractivity contribution in [2.75, 3.05) is 7.11 Å². The van der Waals surface area contributed by atoms with Gasteiger partial charge >= 0.3 is 5.97 Å². The van der Waals surface area contributed by atoms with Crippen LogP contribution in [0.2, 0.25) is 0 Å². The quantitative estimate of drug-likeness (QED) is 0.671. The van der Waals surface area contributed by atoms with Gasteiger partial charge in [0.1, 0.15) is 6.54 Å². The third-order valence-electron chi connectivity index (χ3n) is 2.02. The van der Waals surface area contributed by atoms with Gasteiger partial charge in [0.25, 0.3) is 0 Å². The lowest BCUT2D eigenvalue weighted by molar-refractivity contribution is -0.141. The smallest absolute Gasteiger partial charge is 0.327 e. The molecule has 1 aromatic heterocycles. The van der Waals surface area contributed by atoms with Gasteiger partial charge in [-0.05, 0) is 11.0 Å². The topological polar surface area (TPSA) is 44.1 Å². The number of carbonyl (C=O) groups is 1. The normalized spacial score (nSPS) is 11.4. The van der Waals surface area contributed by atoms with Crippen LogP contribution >= 0.6 is 0 Å². The van der Waals surface area contributed by atoms with Crippen molar-refractivity contribution in [2.45, 2.75) is 32.7 Å². The largest absolute Gasteiger partial charge is 0.468 e.